The van der Waals surface area contributed by atoms with Crippen LogP contribution in [0.2, 0.25) is 18.1 Å². The standard InChI is InChI=1S/C19H32O4SSi/c1-9-10-18(23-25(7,8)19(4,5)6)16(3)22-24(20,21)17-13-11-15(2)12-14-17/h9,11-14,16,18H,1,10H2,2-8H3/t16-,18-/m0/s1. The SMILES string of the molecule is C=CC[C@H](O[Si](C)(C)C(C)(C)C)[C@H](C)OS(=O)(=O)c1ccc(C)cc1. The van der Waals surface area contributed by atoms with E-state index < -0.39 is 24.5 Å². The molecule has 25 heavy (non-hydrogen) atoms. The molecule has 0 heterocycles. The first kappa shape index (κ1) is 22.1. The second-order valence-corrected chi connectivity index (χ2v) is 14.3. The van der Waals surface area contributed by atoms with E-state index in [0.717, 1.165) is 5.56 Å². The maximum Gasteiger partial charge on any atom is 0.297 e. The third-order valence-electron chi connectivity index (χ3n) is 4.76. The van der Waals surface area contributed by atoms with Crippen molar-refractivity contribution in [2.45, 2.75) is 76.3 Å². The molecule has 0 radical (unpaired) electrons. The number of aryl methyl sites for hydroxylation is 1. The van der Waals surface area contributed by atoms with E-state index in [1.807, 2.05) is 6.92 Å². The Bertz CT molecular complexity index is 672. The first-order valence-electron chi connectivity index (χ1n) is 8.59. The zero-order valence-corrected chi connectivity index (χ0v) is 18.3. The van der Waals surface area contributed by atoms with Gasteiger partial charge in [-0.05, 0) is 50.5 Å². The van der Waals surface area contributed by atoms with Crippen molar-refractivity contribution in [2.24, 2.45) is 0 Å². The van der Waals surface area contributed by atoms with Crippen LogP contribution in [0.5, 0.6) is 0 Å². The van der Waals surface area contributed by atoms with Gasteiger partial charge in [0, 0.05) is 0 Å². The van der Waals surface area contributed by atoms with Gasteiger partial charge in [0.15, 0.2) is 8.32 Å². The molecule has 0 amide bonds. The molecule has 0 bridgehead atoms. The van der Waals surface area contributed by atoms with Gasteiger partial charge in [0.1, 0.15) is 0 Å². The molecule has 0 saturated carbocycles. The third-order valence-corrected chi connectivity index (χ3v) is 10.7. The second-order valence-electron chi connectivity index (χ2n) is 8.01. The molecule has 0 saturated heterocycles. The van der Waals surface area contributed by atoms with Gasteiger partial charge in [-0.15, -0.1) is 6.58 Å². The van der Waals surface area contributed by atoms with Crippen LogP contribution in [0.3, 0.4) is 0 Å². The molecule has 0 aromatic heterocycles. The second kappa shape index (κ2) is 8.16. The van der Waals surface area contributed by atoms with E-state index in [4.69, 9.17) is 8.61 Å². The lowest BCUT2D eigenvalue weighted by atomic mass is 10.2. The van der Waals surface area contributed by atoms with Crippen LogP contribution >= 0.6 is 0 Å². The average Bonchev–Trinajstić information content (AvgIpc) is 2.45. The smallest absolute Gasteiger partial charge is 0.297 e. The summed E-state index contributed by atoms with van der Waals surface area (Å²) < 4.78 is 36.9. The molecule has 1 aromatic rings. The van der Waals surface area contributed by atoms with Crippen molar-refractivity contribution in [1.29, 1.82) is 0 Å². The predicted molar refractivity (Wildman–Crippen MR) is 106 cm³/mol. The van der Waals surface area contributed by atoms with Gasteiger partial charge in [0.25, 0.3) is 10.1 Å². The number of hydrogen-bond acceptors (Lipinski definition) is 4. The van der Waals surface area contributed by atoms with E-state index in [-0.39, 0.29) is 16.0 Å². The lowest BCUT2D eigenvalue weighted by Crippen LogP contribution is -2.47. The van der Waals surface area contributed by atoms with Crippen molar-refractivity contribution in [3.8, 4) is 0 Å². The maximum atomic E-state index is 12.5. The van der Waals surface area contributed by atoms with Gasteiger partial charge in [-0.25, -0.2) is 0 Å². The highest BCUT2D eigenvalue weighted by molar-refractivity contribution is 7.86. The topological polar surface area (TPSA) is 52.6 Å². The van der Waals surface area contributed by atoms with E-state index in [1.54, 1.807) is 37.3 Å². The number of benzene rings is 1. The fourth-order valence-corrected chi connectivity index (χ4v) is 4.58. The van der Waals surface area contributed by atoms with Gasteiger partial charge in [-0.3, -0.25) is 4.18 Å². The zero-order valence-electron chi connectivity index (χ0n) is 16.5. The van der Waals surface area contributed by atoms with Gasteiger partial charge in [0.05, 0.1) is 17.1 Å². The van der Waals surface area contributed by atoms with Crippen molar-refractivity contribution in [3.63, 3.8) is 0 Å². The van der Waals surface area contributed by atoms with Crippen molar-refractivity contribution >= 4 is 18.4 Å². The fourth-order valence-electron chi connectivity index (χ4n) is 2.08. The maximum absolute atomic E-state index is 12.5. The van der Waals surface area contributed by atoms with Gasteiger partial charge in [-0.2, -0.15) is 8.42 Å². The fraction of sp³-hybridized carbons (Fsp3) is 0.579. The van der Waals surface area contributed by atoms with Crippen molar-refractivity contribution in [3.05, 3.63) is 42.5 Å². The minimum absolute atomic E-state index is 0.0297. The van der Waals surface area contributed by atoms with Crippen molar-refractivity contribution in [2.75, 3.05) is 0 Å². The van der Waals surface area contributed by atoms with Crippen LogP contribution in [-0.2, 0) is 18.7 Å². The summed E-state index contributed by atoms with van der Waals surface area (Å²) in [6, 6.07) is 6.64. The molecule has 4 nitrogen and oxygen atoms in total. The highest BCUT2D eigenvalue weighted by Gasteiger charge is 2.40. The minimum atomic E-state index is -3.83. The van der Waals surface area contributed by atoms with E-state index in [9.17, 15) is 8.42 Å². The summed E-state index contributed by atoms with van der Waals surface area (Å²) in [5.41, 5.74) is 0.998. The summed E-state index contributed by atoms with van der Waals surface area (Å²) in [6.07, 6.45) is 1.34. The van der Waals surface area contributed by atoms with E-state index in [2.05, 4.69) is 40.4 Å². The monoisotopic (exact) mass is 384 g/mol. The Morgan fingerprint density at radius 1 is 1.20 bits per heavy atom. The van der Waals surface area contributed by atoms with Crippen LogP contribution in [0.4, 0.5) is 0 Å². The highest BCUT2D eigenvalue weighted by Crippen LogP contribution is 2.38. The largest absolute Gasteiger partial charge is 0.411 e. The van der Waals surface area contributed by atoms with Gasteiger partial charge < -0.3 is 4.43 Å². The van der Waals surface area contributed by atoms with Crippen molar-refractivity contribution in [1.82, 2.24) is 0 Å². The molecule has 0 fully saturated rings. The lowest BCUT2D eigenvalue weighted by Gasteiger charge is -2.40. The Labute approximate surface area is 154 Å². The number of hydrogen-bond donors (Lipinski definition) is 0. The molecule has 0 aliphatic carbocycles. The molecule has 0 aliphatic rings. The predicted octanol–water partition coefficient (Wildman–Crippen LogP) is 5.06. The number of rotatable bonds is 8. The quantitative estimate of drug-likeness (QED) is 0.357. The Kier molecular flexibility index (Phi) is 7.21. The van der Waals surface area contributed by atoms with E-state index in [0.29, 0.717) is 6.42 Å². The van der Waals surface area contributed by atoms with Crippen LogP contribution in [0, 0.1) is 6.92 Å². The summed E-state index contributed by atoms with van der Waals surface area (Å²) in [6.45, 7) is 18.2. The Morgan fingerprint density at radius 3 is 2.16 bits per heavy atom. The van der Waals surface area contributed by atoms with Crippen LogP contribution in [0.25, 0.3) is 0 Å². The first-order valence-corrected chi connectivity index (χ1v) is 12.9. The van der Waals surface area contributed by atoms with E-state index in [1.165, 1.54) is 0 Å². The third kappa shape index (κ3) is 6.06. The van der Waals surface area contributed by atoms with Crippen LogP contribution in [-0.4, -0.2) is 28.9 Å². The summed E-state index contributed by atoms with van der Waals surface area (Å²) in [4.78, 5) is 0.162. The Hall–Kier alpha value is -0.953. The highest BCUT2D eigenvalue weighted by atomic mass is 32.2. The Balaban J connectivity index is 2.97. The molecule has 1 aromatic carbocycles. The normalized spacial score (nSPS) is 15.6. The van der Waals surface area contributed by atoms with Crippen LogP contribution < -0.4 is 0 Å². The first-order chi connectivity index (χ1) is 11.3. The summed E-state index contributed by atoms with van der Waals surface area (Å²) in [7, 11) is -5.88. The van der Waals surface area contributed by atoms with Crippen LogP contribution in [0.1, 0.15) is 39.7 Å². The van der Waals surface area contributed by atoms with E-state index >= 15 is 0 Å². The molecule has 0 aliphatic heterocycles. The molecule has 1 rings (SSSR count). The lowest BCUT2D eigenvalue weighted by molar-refractivity contribution is 0.0615. The van der Waals surface area contributed by atoms with Gasteiger partial charge in [-0.1, -0.05) is 44.5 Å². The zero-order chi connectivity index (χ0) is 19.5. The molecule has 0 unspecified atom stereocenters. The summed E-state index contributed by atoms with van der Waals surface area (Å²) >= 11 is 0. The van der Waals surface area contributed by atoms with Crippen LogP contribution in [0.15, 0.2) is 41.8 Å². The molecule has 6 heteroatoms. The summed E-state index contributed by atoms with van der Waals surface area (Å²) in [5.74, 6) is 0. The average molecular weight is 385 g/mol. The van der Waals surface area contributed by atoms with Gasteiger partial charge >= 0.3 is 0 Å². The van der Waals surface area contributed by atoms with Gasteiger partial charge in [0.2, 0.25) is 0 Å². The molecule has 0 spiro atoms. The Morgan fingerprint density at radius 2 is 1.72 bits per heavy atom. The molecular weight excluding hydrogens is 352 g/mol. The minimum Gasteiger partial charge on any atom is -0.411 e. The van der Waals surface area contributed by atoms with Crippen molar-refractivity contribution < 1.29 is 17.0 Å². The molecule has 2 atom stereocenters. The molecule has 0 N–H and O–H groups in total. The summed E-state index contributed by atoms with van der Waals surface area (Å²) in [5, 5.41) is 0.0297. The molecule has 142 valence electrons. The molecular formula is C19H32O4SSi.